The highest BCUT2D eigenvalue weighted by Gasteiger charge is 2.22. The van der Waals surface area contributed by atoms with Gasteiger partial charge in [-0.2, -0.15) is 0 Å². The van der Waals surface area contributed by atoms with Crippen LogP contribution in [0.25, 0.3) is 10.6 Å². The summed E-state index contributed by atoms with van der Waals surface area (Å²) in [6, 6.07) is 0. The molecule has 3 nitrogen and oxygen atoms in total. The van der Waals surface area contributed by atoms with Crippen LogP contribution in [0.2, 0.25) is 0 Å². The van der Waals surface area contributed by atoms with E-state index in [1.165, 1.54) is 11.3 Å². The standard InChI is InChI=1S/C10H13N3S2/c1-10(2,3)8-7(15-5-12-8)6-4-14-9(11)13-6/h4-5H,1-3H3,(H2,11,13). The van der Waals surface area contributed by atoms with E-state index < -0.39 is 0 Å². The minimum absolute atomic E-state index is 0.0493. The molecule has 2 N–H and O–H groups in total. The van der Waals surface area contributed by atoms with Crippen molar-refractivity contribution in [3.05, 3.63) is 16.6 Å². The fraction of sp³-hybridized carbons (Fsp3) is 0.400. The topological polar surface area (TPSA) is 51.8 Å². The van der Waals surface area contributed by atoms with Gasteiger partial charge in [0, 0.05) is 10.8 Å². The molecule has 0 aliphatic carbocycles. The lowest BCUT2D eigenvalue weighted by atomic mass is 9.91. The van der Waals surface area contributed by atoms with Gasteiger partial charge in [0.05, 0.1) is 21.8 Å². The van der Waals surface area contributed by atoms with Crippen LogP contribution in [0.1, 0.15) is 26.5 Å². The smallest absolute Gasteiger partial charge is 0.180 e. The Kier molecular flexibility index (Phi) is 2.52. The molecular formula is C10H13N3S2. The van der Waals surface area contributed by atoms with Gasteiger partial charge in [-0.3, -0.25) is 0 Å². The number of nitrogens with two attached hydrogens (primary N) is 1. The monoisotopic (exact) mass is 239 g/mol. The number of thiazole rings is 2. The van der Waals surface area contributed by atoms with Crippen molar-refractivity contribution in [1.82, 2.24) is 9.97 Å². The van der Waals surface area contributed by atoms with E-state index in [4.69, 9.17) is 5.73 Å². The highest BCUT2D eigenvalue weighted by Crippen LogP contribution is 2.35. The molecule has 0 fully saturated rings. The maximum absolute atomic E-state index is 5.64. The maximum atomic E-state index is 5.64. The van der Waals surface area contributed by atoms with Crippen molar-refractivity contribution < 1.29 is 0 Å². The van der Waals surface area contributed by atoms with E-state index in [2.05, 4.69) is 30.7 Å². The third-order valence-electron chi connectivity index (χ3n) is 2.03. The van der Waals surface area contributed by atoms with Crippen molar-refractivity contribution in [2.24, 2.45) is 0 Å². The van der Waals surface area contributed by atoms with Crippen molar-refractivity contribution in [3.63, 3.8) is 0 Å². The van der Waals surface area contributed by atoms with Crippen LogP contribution in [0.5, 0.6) is 0 Å². The van der Waals surface area contributed by atoms with Crippen LogP contribution in [0.15, 0.2) is 10.9 Å². The number of nitrogen functional groups attached to an aromatic ring is 1. The first-order valence-corrected chi connectivity index (χ1v) is 6.40. The van der Waals surface area contributed by atoms with Crippen molar-refractivity contribution in [2.75, 3.05) is 5.73 Å². The van der Waals surface area contributed by atoms with Gasteiger partial charge in [-0.15, -0.1) is 22.7 Å². The Morgan fingerprint density at radius 1 is 1.27 bits per heavy atom. The Hall–Kier alpha value is -0.940. The summed E-state index contributed by atoms with van der Waals surface area (Å²) >= 11 is 3.09. The van der Waals surface area contributed by atoms with Crippen LogP contribution in [-0.4, -0.2) is 9.97 Å². The molecule has 0 bridgehead atoms. The summed E-state index contributed by atoms with van der Waals surface area (Å²) in [6.45, 7) is 6.46. The maximum Gasteiger partial charge on any atom is 0.180 e. The van der Waals surface area contributed by atoms with Gasteiger partial charge in [-0.05, 0) is 0 Å². The highest BCUT2D eigenvalue weighted by molar-refractivity contribution is 7.15. The second-order valence-corrected chi connectivity index (χ2v) is 6.10. The van der Waals surface area contributed by atoms with E-state index in [9.17, 15) is 0 Å². The van der Waals surface area contributed by atoms with Gasteiger partial charge in [0.25, 0.3) is 0 Å². The lowest BCUT2D eigenvalue weighted by molar-refractivity contribution is 0.574. The van der Waals surface area contributed by atoms with Crippen LogP contribution < -0.4 is 5.73 Å². The molecule has 2 aromatic heterocycles. The zero-order valence-electron chi connectivity index (χ0n) is 8.94. The summed E-state index contributed by atoms with van der Waals surface area (Å²) in [7, 11) is 0. The molecule has 0 amide bonds. The second-order valence-electron chi connectivity index (χ2n) is 4.35. The molecule has 0 saturated carbocycles. The highest BCUT2D eigenvalue weighted by atomic mass is 32.1. The van der Waals surface area contributed by atoms with E-state index in [1.807, 2.05) is 10.9 Å². The van der Waals surface area contributed by atoms with Gasteiger partial charge in [-0.25, -0.2) is 9.97 Å². The summed E-state index contributed by atoms with van der Waals surface area (Å²) in [5, 5.41) is 2.59. The van der Waals surface area contributed by atoms with E-state index >= 15 is 0 Å². The quantitative estimate of drug-likeness (QED) is 0.831. The third-order valence-corrected chi connectivity index (χ3v) is 3.56. The Morgan fingerprint density at radius 3 is 2.53 bits per heavy atom. The normalized spacial score (nSPS) is 11.9. The van der Waals surface area contributed by atoms with E-state index in [0.29, 0.717) is 5.13 Å². The lowest BCUT2D eigenvalue weighted by Crippen LogP contribution is -2.12. The number of hydrogen-bond donors (Lipinski definition) is 1. The van der Waals surface area contributed by atoms with Gasteiger partial charge < -0.3 is 5.73 Å². The zero-order chi connectivity index (χ0) is 11.1. The Labute approximate surface area is 97.0 Å². The first kappa shape index (κ1) is 10.6. The summed E-state index contributed by atoms with van der Waals surface area (Å²) < 4.78 is 0. The Balaban J connectivity index is 2.50. The van der Waals surface area contributed by atoms with Gasteiger partial charge in [0.2, 0.25) is 0 Å². The molecule has 5 heteroatoms. The van der Waals surface area contributed by atoms with E-state index in [0.717, 1.165) is 16.3 Å². The molecule has 0 radical (unpaired) electrons. The molecule has 0 atom stereocenters. The van der Waals surface area contributed by atoms with Crippen LogP contribution in [0.3, 0.4) is 0 Å². The molecule has 0 aliphatic rings. The number of rotatable bonds is 1. The van der Waals surface area contributed by atoms with Crippen molar-refractivity contribution in [3.8, 4) is 10.6 Å². The minimum atomic E-state index is 0.0493. The van der Waals surface area contributed by atoms with Crippen LogP contribution in [0, 0.1) is 0 Å². The average molecular weight is 239 g/mol. The zero-order valence-corrected chi connectivity index (χ0v) is 10.6. The van der Waals surface area contributed by atoms with Gasteiger partial charge in [0.1, 0.15) is 0 Å². The number of aromatic nitrogens is 2. The van der Waals surface area contributed by atoms with E-state index in [1.54, 1.807) is 11.3 Å². The number of hydrogen-bond acceptors (Lipinski definition) is 5. The first-order valence-electron chi connectivity index (χ1n) is 4.64. The van der Waals surface area contributed by atoms with Crippen molar-refractivity contribution >= 4 is 27.8 Å². The molecular weight excluding hydrogens is 226 g/mol. The molecule has 15 heavy (non-hydrogen) atoms. The summed E-state index contributed by atoms with van der Waals surface area (Å²) in [6.07, 6.45) is 0. The molecule has 80 valence electrons. The molecule has 0 spiro atoms. The third kappa shape index (κ3) is 2.03. The van der Waals surface area contributed by atoms with Gasteiger partial charge in [-0.1, -0.05) is 20.8 Å². The molecule has 2 heterocycles. The fourth-order valence-corrected chi connectivity index (χ4v) is 2.94. The summed E-state index contributed by atoms with van der Waals surface area (Å²) in [5.74, 6) is 0. The molecule has 0 aromatic carbocycles. The predicted molar refractivity (Wildman–Crippen MR) is 66.3 cm³/mol. The minimum Gasteiger partial charge on any atom is -0.375 e. The van der Waals surface area contributed by atoms with Crippen LogP contribution in [0.4, 0.5) is 5.13 Å². The largest absolute Gasteiger partial charge is 0.375 e. The summed E-state index contributed by atoms with van der Waals surface area (Å²) in [4.78, 5) is 9.84. The molecule has 2 aromatic rings. The molecule has 0 aliphatic heterocycles. The molecule has 0 saturated heterocycles. The predicted octanol–water partition coefficient (Wildman–Crippen LogP) is 3.15. The summed E-state index contributed by atoms with van der Waals surface area (Å²) in [5.41, 5.74) is 9.60. The average Bonchev–Trinajstić information content (AvgIpc) is 2.68. The van der Waals surface area contributed by atoms with Gasteiger partial charge in [0.15, 0.2) is 5.13 Å². The fourth-order valence-electron chi connectivity index (χ4n) is 1.35. The van der Waals surface area contributed by atoms with Gasteiger partial charge >= 0.3 is 0 Å². The second kappa shape index (κ2) is 3.57. The lowest BCUT2D eigenvalue weighted by Gasteiger charge is -2.16. The number of anilines is 1. The van der Waals surface area contributed by atoms with Crippen molar-refractivity contribution in [1.29, 1.82) is 0 Å². The SMILES string of the molecule is CC(C)(C)c1ncsc1-c1csc(N)n1. The van der Waals surface area contributed by atoms with Crippen LogP contribution >= 0.6 is 22.7 Å². The van der Waals surface area contributed by atoms with Crippen LogP contribution in [-0.2, 0) is 5.41 Å². The number of nitrogens with zero attached hydrogens (tertiary/aromatic N) is 2. The molecule has 0 unspecified atom stereocenters. The molecule has 2 rings (SSSR count). The Bertz CT molecular complexity index is 465. The van der Waals surface area contributed by atoms with E-state index in [-0.39, 0.29) is 5.41 Å². The first-order chi connectivity index (χ1) is 6.98. The van der Waals surface area contributed by atoms with Crippen molar-refractivity contribution in [2.45, 2.75) is 26.2 Å². The Morgan fingerprint density at radius 2 is 2.00 bits per heavy atom.